The smallest absolute Gasteiger partial charge is 0.239 e. The van der Waals surface area contributed by atoms with Crippen molar-refractivity contribution in [2.24, 2.45) is 5.73 Å². The van der Waals surface area contributed by atoms with Crippen LogP contribution in [0.15, 0.2) is 24.3 Å². The number of likely N-dealkylation sites (tertiary alicyclic amines) is 1. The van der Waals surface area contributed by atoms with Gasteiger partial charge in [-0.25, -0.2) is 0 Å². The second-order valence-electron chi connectivity index (χ2n) is 5.40. The third-order valence-corrected chi connectivity index (χ3v) is 4.67. The summed E-state index contributed by atoms with van der Waals surface area (Å²) in [5.41, 5.74) is 7.18. The number of hydrogen-bond acceptors (Lipinski definition) is 4. The van der Waals surface area contributed by atoms with E-state index in [1.165, 1.54) is 5.56 Å². The van der Waals surface area contributed by atoms with Gasteiger partial charge in [0.15, 0.2) is 0 Å². The normalized spacial score (nSPS) is 18.7. The fourth-order valence-electron chi connectivity index (χ4n) is 2.82. The monoisotopic (exact) mass is 344 g/mol. The fourth-order valence-corrected chi connectivity index (χ4v) is 3.31. The van der Waals surface area contributed by atoms with Gasteiger partial charge in [0, 0.05) is 19.0 Å². The van der Waals surface area contributed by atoms with E-state index in [4.69, 9.17) is 10.5 Å². The Kier molecular flexibility index (Phi) is 8.07. The lowest BCUT2D eigenvalue weighted by atomic mass is 9.97. The molecular formula is C16H25ClN2O2S. The summed E-state index contributed by atoms with van der Waals surface area (Å²) in [5.74, 6) is 2.26. The predicted molar refractivity (Wildman–Crippen MR) is 95.2 cm³/mol. The Balaban J connectivity index is 0.00000242. The van der Waals surface area contributed by atoms with Crippen molar-refractivity contribution in [3.63, 3.8) is 0 Å². The first kappa shape index (κ1) is 19.1. The molecule has 1 aliphatic rings. The van der Waals surface area contributed by atoms with E-state index in [-0.39, 0.29) is 24.4 Å². The van der Waals surface area contributed by atoms with Gasteiger partial charge in [-0.2, -0.15) is 11.8 Å². The van der Waals surface area contributed by atoms with E-state index >= 15 is 0 Å². The van der Waals surface area contributed by atoms with Gasteiger partial charge in [-0.15, -0.1) is 12.4 Å². The van der Waals surface area contributed by atoms with E-state index in [0.29, 0.717) is 5.92 Å². The van der Waals surface area contributed by atoms with E-state index in [1.54, 1.807) is 18.9 Å². The Morgan fingerprint density at radius 3 is 2.91 bits per heavy atom. The Hall–Kier alpha value is -0.910. The zero-order valence-electron chi connectivity index (χ0n) is 13.2. The third kappa shape index (κ3) is 4.54. The van der Waals surface area contributed by atoms with Crippen molar-refractivity contribution in [1.82, 2.24) is 4.90 Å². The Bertz CT molecular complexity index is 487. The minimum Gasteiger partial charge on any atom is -0.496 e. The molecule has 1 amide bonds. The van der Waals surface area contributed by atoms with Crippen molar-refractivity contribution in [1.29, 1.82) is 0 Å². The number of methoxy groups -OCH3 is 1. The Labute approximate surface area is 143 Å². The summed E-state index contributed by atoms with van der Waals surface area (Å²) in [6.07, 6.45) is 3.75. The minimum atomic E-state index is -0.367. The maximum Gasteiger partial charge on any atom is 0.239 e. The molecule has 0 spiro atoms. The lowest BCUT2D eigenvalue weighted by Gasteiger charge is -2.21. The number of hydrogen-bond donors (Lipinski definition) is 1. The van der Waals surface area contributed by atoms with Gasteiger partial charge in [0.1, 0.15) is 5.75 Å². The fraction of sp³-hybridized carbons (Fsp3) is 0.562. The Morgan fingerprint density at radius 2 is 2.23 bits per heavy atom. The van der Waals surface area contributed by atoms with E-state index in [1.807, 2.05) is 29.4 Å². The molecule has 1 heterocycles. The largest absolute Gasteiger partial charge is 0.496 e. The van der Waals surface area contributed by atoms with Crippen LogP contribution >= 0.6 is 24.2 Å². The van der Waals surface area contributed by atoms with Crippen molar-refractivity contribution in [3.8, 4) is 5.75 Å². The van der Waals surface area contributed by atoms with Crippen molar-refractivity contribution in [2.45, 2.75) is 24.8 Å². The summed E-state index contributed by atoms with van der Waals surface area (Å²) >= 11 is 1.72. The molecule has 2 atom stereocenters. The van der Waals surface area contributed by atoms with Crippen molar-refractivity contribution in [2.75, 3.05) is 32.2 Å². The number of para-hydroxylation sites is 1. The number of ether oxygens (including phenoxy) is 1. The van der Waals surface area contributed by atoms with Gasteiger partial charge in [-0.1, -0.05) is 18.2 Å². The SMILES string of the molecule is COc1ccccc1C1CCN(C(=O)[C@@H](N)CCSC)C1.Cl. The predicted octanol–water partition coefficient (Wildman–Crippen LogP) is 2.51. The van der Waals surface area contributed by atoms with Crippen LogP contribution in [0.4, 0.5) is 0 Å². The number of carbonyl (C=O) groups is 1. The van der Waals surface area contributed by atoms with Gasteiger partial charge in [0.05, 0.1) is 13.2 Å². The highest BCUT2D eigenvalue weighted by Crippen LogP contribution is 2.33. The van der Waals surface area contributed by atoms with Gasteiger partial charge in [0.2, 0.25) is 5.91 Å². The maximum atomic E-state index is 12.3. The minimum absolute atomic E-state index is 0. The number of rotatable bonds is 6. The molecule has 4 nitrogen and oxygen atoms in total. The average molecular weight is 345 g/mol. The van der Waals surface area contributed by atoms with Crippen LogP contribution in [0.3, 0.4) is 0 Å². The second kappa shape index (κ2) is 9.28. The topological polar surface area (TPSA) is 55.6 Å². The van der Waals surface area contributed by atoms with Crippen molar-refractivity contribution < 1.29 is 9.53 Å². The number of nitrogens with two attached hydrogens (primary N) is 1. The molecule has 1 aromatic carbocycles. The molecular weight excluding hydrogens is 320 g/mol. The Morgan fingerprint density at radius 1 is 1.50 bits per heavy atom. The van der Waals surface area contributed by atoms with E-state index in [2.05, 4.69) is 6.07 Å². The first-order chi connectivity index (χ1) is 10.2. The number of nitrogens with zero attached hydrogens (tertiary/aromatic N) is 1. The molecule has 1 aromatic rings. The summed E-state index contributed by atoms with van der Waals surface area (Å²) in [6, 6.07) is 7.69. The van der Waals surface area contributed by atoms with Gasteiger partial charge in [0.25, 0.3) is 0 Å². The van der Waals surface area contributed by atoms with E-state index < -0.39 is 0 Å². The van der Waals surface area contributed by atoms with Crippen molar-refractivity contribution in [3.05, 3.63) is 29.8 Å². The zero-order valence-corrected chi connectivity index (χ0v) is 14.8. The molecule has 1 aliphatic heterocycles. The summed E-state index contributed by atoms with van der Waals surface area (Å²) < 4.78 is 5.42. The van der Waals surface area contributed by atoms with Crippen LogP contribution < -0.4 is 10.5 Å². The summed E-state index contributed by atoms with van der Waals surface area (Å²) in [4.78, 5) is 14.2. The highest BCUT2D eigenvalue weighted by molar-refractivity contribution is 7.98. The van der Waals surface area contributed by atoms with Crippen LogP contribution in [0.1, 0.15) is 24.3 Å². The molecule has 2 N–H and O–H groups in total. The zero-order chi connectivity index (χ0) is 15.2. The van der Waals surface area contributed by atoms with Gasteiger partial charge in [-0.3, -0.25) is 4.79 Å². The molecule has 1 unspecified atom stereocenters. The number of benzene rings is 1. The molecule has 0 radical (unpaired) electrons. The number of halogens is 1. The highest BCUT2D eigenvalue weighted by Gasteiger charge is 2.31. The van der Waals surface area contributed by atoms with Gasteiger partial charge < -0.3 is 15.4 Å². The number of amides is 1. The van der Waals surface area contributed by atoms with Gasteiger partial charge in [-0.05, 0) is 36.5 Å². The molecule has 22 heavy (non-hydrogen) atoms. The van der Waals surface area contributed by atoms with Crippen LogP contribution in [0, 0.1) is 0 Å². The number of thioether (sulfide) groups is 1. The first-order valence-corrected chi connectivity index (χ1v) is 8.73. The summed E-state index contributed by atoms with van der Waals surface area (Å²) in [6.45, 7) is 1.53. The molecule has 2 rings (SSSR count). The van der Waals surface area contributed by atoms with Crippen LogP contribution in [-0.4, -0.2) is 49.1 Å². The first-order valence-electron chi connectivity index (χ1n) is 7.33. The molecule has 0 bridgehead atoms. The van der Waals surface area contributed by atoms with Crippen LogP contribution in [0.2, 0.25) is 0 Å². The average Bonchev–Trinajstić information content (AvgIpc) is 3.01. The van der Waals surface area contributed by atoms with Crippen molar-refractivity contribution >= 4 is 30.1 Å². The lowest BCUT2D eigenvalue weighted by molar-refractivity contribution is -0.131. The standard InChI is InChI=1S/C16H24N2O2S.ClH/c1-20-15-6-4-3-5-13(15)12-7-9-18(11-12)16(19)14(17)8-10-21-2;/h3-6,12,14H,7-11,17H2,1-2H3;1H/t12?,14-;/m0./s1. The van der Waals surface area contributed by atoms with E-state index in [9.17, 15) is 4.79 Å². The van der Waals surface area contributed by atoms with Crippen LogP contribution in [0.25, 0.3) is 0 Å². The highest BCUT2D eigenvalue weighted by atomic mass is 35.5. The molecule has 0 aromatic heterocycles. The van der Waals surface area contributed by atoms with E-state index in [0.717, 1.165) is 37.4 Å². The van der Waals surface area contributed by atoms with Gasteiger partial charge >= 0.3 is 0 Å². The second-order valence-corrected chi connectivity index (χ2v) is 6.39. The summed E-state index contributed by atoms with van der Waals surface area (Å²) in [7, 11) is 1.69. The third-order valence-electron chi connectivity index (χ3n) is 4.03. The van der Waals surface area contributed by atoms with Crippen LogP contribution in [-0.2, 0) is 4.79 Å². The quantitative estimate of drug-likeness (QED) is 0.861. The summed E-state index contributed by atoms with van der Waals surface area (Å²) in [5, 5.41) is 0. The molecule has 1 fully saturated rings. The molecule has 0 saturated carbocycles. The molecule has 1 saturated heterocycles. The maximum absolute atomic E-state index is 12.3. The lowest BCUT2D eigenvalue weighted by Crippen LogP contribution is -2.42. The molecule has 6 heteroatoms. The van der Waals surface area contributed by atoms with Crippen LogP contribution in [0.5, 0.6) is 5.75 Å². The number of carbonyl (C=O) groups excluding carboxylic acids is 1. The molecule has 0 aliphatic carbocycles. The molecule has 124 valence electrons.